The van der Waals surface area contributed by atoms with Gasteiger partial charge in [-0.1, -0.05) is 24.3 Å². The average Bonchev–Trinajstić information content (AvgIpc) is 3.44. The molecule has 0 aliphatic heterocycles. The van der Waals surface area contributed by atoms with Gasteiger partial charge in [0, 0.05) is 16.7 Å². The summed E-state index contributed by atoms with van der Waals surface area (Å²) in [6, 6.07) is 20.9. The fraction of sp³-hybridized carbons (Fsp3) is 0. The second-order valence-electron chi connectivity index (χ2n) is 7.74. The number of nitrogens with two attached hydrogens (primary N) is 2. The first-order chi connectivity index (χ1) is 16.5. The van der Waals surface area contributed by atoms with Gasteiger partial charge in [-0.3, -0.25) is 0 Å². The molecule has 34 heavy (non-hydrogen) atoms. The summed E-state index contributed by atoms with van der Waals surface area (Å²) in [6.07, 6.45) is 0. The lowest BCUT2D eigenvalue weighted by atomic mass is 9.96. The Morgan fingerprint density at radius 2 is 1.06 bits per heavy atom. The first-order valence-electron chi connectivity index (χ1n) is 10.4. The quantitative estimate of drug-likeness (QED) is 0.256. The first kappa shape index (κ1) is 20.7. The van der Waals surface area contributed by atoms with E-state index in [4.69, 9.17) is 11.5 Å². The normalized spacial score (nSPS) is 11.5. The van der Waals surface area contributed by atoms with Crippen molar-refractivity contribution in [3.05, 3.63) is 84.4 Å². The molecule has 0 unspecified atom stereocenters. The third-order valence-electron chi connectivity index (χ3n) is 5.69. The summed E-state index contributed by atoms with van der Waals surface area (Å²) in [4.78, 5) is 9.19. The molecule has 2 aromatic heterocycles. The number of fused-ring (bicyclic) bond motifs is 2. The van der Waals surface area contributed by atoms with E-state index in [2.05, 4.69) is 9.97 Å². The molecule has 4 nitrogen and oxygen atoms in total. The van der Waals surface area contributed by atoms with Crippen LogP contribution < -0.4 is 11.5 Å². The van der Waals surface area contributed by atoms with Crippen LogP contribution in [0.1, 0.15) is 0 Å². The number of para-hydroxylation sites is 2. The van der Waals surface area contributed by atoms with E-state index in [1.807, 2.05) is 48.5 Å². The molecule has 0 bridgehead atoms. The molecule has 0 aliphatic rings. The van der Waals surface area contributed by atoms with Crippen molar-refractivity contribution in [1.29, 1.82) is 0 Å². The van der Waals surface area contributed by atoms with Crippen molar-refractivity contribution in [2.24, 2.45) is 0 Å². The molecule has 0 saturated carbocycles. The molecule has 4 N–H and O–H groups in total. The Balaban J connectivity index is 1.55. The standard InChI is InChI=1S/C26H16F2N4S2/c27-15-12-10-14(25-31-17-5-1-3-7-19(17)33-25)24(30)21(15)13-9-11-16(28)22(23(13)29)26-32-18-6-2-4-8-20(18)34-26/h1-12H,29-30H2. The Kier molecular flexibility index (Phi) is 4.79. The van der Waals surface area contributed by atoms with Crippen LogP contribution in [-0.4, -0.2) is 9.97 Å². The van der Waals surface area contributed by atoms with Crippen molar-refractivity contribution in [3.8, 4) is 32.3 Å². The summed E-state index contributed by atoms with van der Waals surface area (Å²) in [6.45, 7) is 0. The van der Waals surface area contributed by atoms with E-state index in [1.165, 1.54) is 40.9 Å². The summed E-state index contributed by atoms with van der Waals surface area (Å²) in [7, 11) is 0. The third-order valence-corrected chi connectivity index (χ3v) is 7.81. The van der Waals surface area contributed by atoms with Crippen molar-refractivity contribution in [2.45, 2.75) is 0 Å². The van der Waals surface area contributed by atoms with Gasteiger partial charge in [-0.25, -0.2) is 18.7 Å². The lowest BCUT2D eigenvalue weighted by Gasteiger charge is -2.15. The number of thiazole rings is 2. The molecule has 0 spiro atoms. The van der Waals surface area contributed by atoms with Gasteiger partial charge in [0.2, 0.25) is 0 Å². The van der Waals surface area contributed by atoms with E-state index in [0.29, 0.717) is 21.1 Å². The number of hydrogen-bond donors (Lipinski definition) is 2. The lowest BCUT2D eigenvalue weighted by molar-refractivity contribution is 0.628. The highest BCUT2D eigenvalue weighted by atomic mass is 32.1. The molecule has 0 radical (unpaired) electrons. The predicted molar refractivity (Wildman–Crippen MR) is 138 cm³/mol. The van der Waals surface area contributed by atoms with Crippen molar-refractivity contribution >= 4 is 54.5 Å². The van der Waals surface area contributed by atoms with Crippen molar-refractivity contribution in [1.82, 2.24) is 9.97 Å². The van der Waals surface area contributed by atoms with Crippen molar-refractivity contribution in [2.75, 3.05) is 11.5 Å². The van der Waals surface area contributed by atoms with E-state index in [0.717, 1.165) is 20.4 Å². The Hall–Kier alpha value is -3.88. The molecule has 6 rings (SSSR count). The Labute approximate surface area is 201 Å². The topological polar surface area (TPSA) is 77.8 Å². The highest BCUT2D eigenvalue weighted by Gasteiger charge is 2.23. The van der Waals surface area contributed by atoms with Gasteiger partial charge in [0.05, 0.1) is 37.4 Å². The molecule has 6 aromatic rings. The van der Waals surface area contributed by atoms with Gasteiger partial charge in [-0.2, -0.15) is 0 Å². The van der Waals surface area contributed by atoms with E-state index >= 15 is 4.39 Å². The minimum absolute atomic E-state index is 0.0890. The fourth-order valence-electron chi connectivity index (χ4n) is 4.05. The summed E-state index contributed by atoms with van der Waals surface area (Å²) in [5.41, 5.74) is 16.0. The summed E-state index contributed by atoms with van der Waals surface area (Å²) < 4.78 is 32.0. The van der Waals surface area contributed by atoms with Crippen LogP contribution in [0.2, 0.25) is 0 Å². The number of hydrogen-bond acceptors (Lipinski definition) is 6. The minimum Gasteiger partial charge on any atom is -0.398 e. The van der Waals surface area contributed by atoms with Gasteiger partial charge in [0.15, 0.2) is 0 Å². The molecule has 0 saturated heterocycles. The highest BCUT2D eigenvalue weighted by molar-refractivity contribution is 7.22. The van der Waals surface area contributed by atoms with Crippen LogP contribution in [0.15, 0.2) is 72.8 Å². The first-order valence-corrected chi connectivity index (χ1v) is 12.0. The Bertz CT molecular complexity index is 1660. The van der Waals surface area contributed by atoms with Crippen LogP contribution in [0.5, 0.6) is 0 Å². The molecule has 4 aromatic carbocycles. The second-order valence-corrected chi connectivity index (χ2v) is 9.80. The monoisotopic (exact) mass is 486 g/mol. The molecule has 2 heterocycles. The molecule has 0 atom stereocenters. The highest BCUT2D eigenvalue weighted by Crippen LogP contribution is 2.45. The van der Waals surface area contributed by atoms with E-state index in [1.54, 1.807) is 6.07 Å². The largest absolute Gasteiger partial charge is 0.398 e. The van der Waals surface area contributed by atoms with Crippen LogP contribution in [-0.2, 0) is 0 Å². The molecular formula is C26H16F2N4S2. The van der Waals surface area contributed by atoms with Crippen molar-refractivity contribution < 1.29 is 8.78 Å². The fourth-order valence-corrected chi connectivity index (χ4v) is 6.08. The number of aromatic nitrogens is 2. The SMILES string of the molecule is Nc1c(-c2c(F)ccc(-c3nc4ccccc4s3)c2N)ccc(F)c1-c1nc2ccccc2s1. The van der Waals surface area contributed by atoms with E-state index in [-0.39, 0.29) is 22.5 Å². The second kappa shape index (κ2) is 7.86. The summed E-state index contributed by atoms with van der Waals surface area (Å²) >= 11 is 2.80. The molecule has 8 heteroatoms. The Morgan fingerprint density at radius 1 is 0.559 bits per heavy atom. The van der Waals surface area contributed by atoms with Gasteiger partial charge in [-0.05, 0) is 48.5 Å². The molecule has 0 amide bonds. The summed E-state index contributed by atoms with van der Waals surface area (Å²) in [5, 5.41) is 1.10. The number of anilines is 2. The maximum Gasteiger partial charge on any atom is 0.135 e. The number of rotatable bonds is 3. The van der Waals surface area contributed by atoms with Crippen molar-refractivity contribution in [3.63, 3.8) is 0 Å². The number of benzene rings is 4. The van der Waals surface area contributed by atoms with Crippen LogP contribution in [0.25, 0.3) is 52.7 Å². The minimum atomic E-state index is -0.545. The molecule has 0 fully saturated rings. The number of nitrogen functional groups attached to an aromatic ring is 2. The van der Waals surface area contributed by atoms with E-state index < -0.39 is 11.6 Å². The average molecular weight is 487 g/mol. The van der Waals surface area contributed by atoms with E-state index in [9.17, 15) is 4.39 Å². The zero-order valence-corrected chi connectivity index (χ0v) is 19.2. The van der Waals surface area contributed by atoms with Gasteiger partial charge >= 0.3 is 0 Å². The summed E-state index contributed by atoms with van der Waals surface area (Å²) in [5.74, 6) is -1.07. The van der Waals surface area contributed by atoms with Gasteiger partial charge in [0.1, 0.15) is 21.6 Å². The zero-order chi connectivity index (χ0) is 23.4. The molecule has 166 valence electrons. The maximum atomic E-state index is 15.2. The molecule has 0 aliphatic carbocycles. The van der Waals surface area contributed by atoms with Crippen LogP contribution in [0, 0.1) is 11.6 Å². The number of halogens is 2. The van der Waals surface area contributed by atoms with Gasteiger partial charge < -0.3 is 11.5 Å². The Morgan fingerprint density at radius 3 is 1.71 bits per heavy atom. The molecular weight excluding hydrogens is 470 g/mol. The predicted octanol–water partition coefficient (Wildman–Crippen LogP) is 7.35. The number of nitrogens with zero attached hydrogens (tertiary/aromatic N) is 2. The van der Waals surface area contributed by atoms with Crippen LogP contribution in [0.3, 0.4) is 0 Å². The zero-order valence-electron chi connectivity index (χ0n) is 17.5. The smallest absolute Gasteiger partial charge is 0.135 e. The lowest BCUT2D eigenvalue weighted by Crippen LogP contribution is -2.02. The third kappa shape index (κ3) is 3.22. The maximum absolute atomic E-state index is 15.2. The van der Waals surface area contributed by atoms with Gasteiger partial charge in [0.25, 0.3) is 0 Å². The van der Waals surface area contributed by atoms with Gasteiger partial charge in [-0.15, -0.1) is 22.7 Å². The van der Waals surface area contributed by atoms with Crippen LogP contribution >= 0.6 is 22.7 Å². The van der Waals surface area contributed by atoms with Crippen LogP contribution in [0.4, 0.5) is 20.2 Å².